The standard InChI is InChI=1S/C10H8N4O2/c1-16-10-12-9-11-8(15)6-4-2-3-5-7(6)14(9)13-10/h2-5H,1H3,(H,11,12,13,15). The third-order valence-corrected chi connectivity index (χ3v) is 2.37. The number of nitrogens with one attached hydrogen (secondary N) is 1. The fourth-order valence-corrected chi connectivity index (χ4v) is 1.65. The molecule has 0 aliphatic rings. The van der Waals surface area contributed by atoms with E-state index in [9.17, 15) is 4.79 Å². The molecule has 3 rings (SSSR count). The third kappa shape index (κ3) is 1.10. The van der Waals surface area contributed by atoms with Crippen molar-refractivity contribution in [1.29, 1.82) is 0 Å². The maximum Gasteiger partial charge on any atom is 0.337 e. The summed E-state index contributed by atoms with van der Waals surface area (Å²) in [6, 6.07) is 7.42. The summed E-state index contributed by atoms with van der Waals surface area (Å²) in [5, 5.41) is 4.69. The maximum absolute atomic E-state index is 11.7. The van der Waals surface area contributed by atoms with Crippen LogP contribution < -0.4 is 10.3 Å². The molecular weight excluding hydrogens is 208 g/mol. The second-order valence-electron chi connectivity index (χ2n) is 3.31. The minimum absolute atomic E-state index is 0.182. The smallest absolute Gasteiger partial charge is 0.337 e. The summed E-state index contributed by atoms with van der Waals surface area (Å²) < 4.78 is 6.47. The molecular formula is C10H8N4O2. The van der Waals surface area contributed by atoms with Gasteiger partial charge in [-0.05, 0) is 12.1 Å². The SMILES string of the molecule is COc1nc2[nH]c(=O)c3ccccc3n2n1. The van der Waals surface area contributed by atoms with Gasteiger partial charge in [0.1, 0.15) is 0 Å². The number of para-hydroxylation sites is 1. The van der Waals surface area contributed by atoms with Gasteiger partial charge in [0.15, 0.2) is 0 Å². The zero-order valence-corrected chi connectivity index (χ0v) is 8.47. The molecule has 16 heavy (non-hydrogen) atoms. The van der Waals surface area contributed by atoms with Gasteiger partial charge >= 0.3 is 6.01 Å². The van der Waals surface area contributed by atoms with Gasteiger partial charge in [-0.15, -0.1) is 5.10 Å². The van der Waals surface area contributed by atoms with Crippen molar-refractivity contribution in [3.63, 3.8) is 0 Å². The Morgan fingerprint density at radius 2 is 2.19 bits per heavy atom. The number of hydrogen-bond acceptors (Lipinski definition) is 4. The number of fused-ring (bicyclic) bond motifs is 3. The van der Waals surface area contributed by atoms with E-state index in [0.717, 1.165) is 0 Å². The lowest BCUT2D eigenvalue weighted by Crippen LogP contribution is -2.10. The molecule has 0 aliphatic carbocycles. The van der Waals surface area contributed by atoms with Gasteiger partial charge in [0.05, 0.1) is 18.0 Å². The highest BCUT2D eigenvalue weighted by Crippen LogP contribution is 2.11. The Bertz CT molecular complexity index is 728. The van der Waals surface area contributed by atoms with Crippen LogP contribution in [0.3, 0.4) is 0 Å². The van der Waals surface area contributed by atoms with Crippen molar-refractivity contribution in [2.75, 3.05) is 7.11 Å². The van der Waals surface area contributed by atoms with E-state index in [1.165, 1.54) is 7.11 Å². The van der Waals surface area contributed by atoms with E-state index in [1.807, 2.05) is 12.1 Å². The molecule has 0 fully saturated rings. The average Bonchev–Trinajstić information content (AvgIpc) is 2.72. The van der Waals surface area contributed by atoms with Gasteiger partial charge in [-0.25, -0.2) is 0 Å². The molecule has 0 unspecified atom stereocenters. The summed E-state index contributed by atoms with van der Waals surface area (Å²) in [7, 11) is 1.48. The highest BCUT2D eigenvalue weighted by Gasteiger charge is 2.08. The van der Waals surface area contributed by atoms with E-state index in [-0.39, 0.29) is 11.6 Å². The lowest BCUT2D eigenvalue weighted by atomic mass is 10.2. The lowest BCUT2D eigenvalue weighted by molar-refractivity contribution is 0.381. The van der Waals surface area contributed by atoms with Crippen LogP contribution >= 0.6 is 0 Å². The Kier molecular flexibility index (Phi) is 1.70. The van der Waals surface area contributed by atoms with Crippen LogP contribution in [-0.2, 0) is 0 Å². The van der Waals surface area contributed by atoms with Crippen LogP contribution in [0.25, 0.3) is 16.7 Å². The van der Waals surface area contributed by atoms with Gasteiger partial charge in [0.2, 0.25) is 5.78 Å². The van der Waals surface area contributed by atoms with Gasteiger partial charge in [0.25, 0.3) is 5.56 Å². The van der Waals surface area contributed by atoms with E-state index in [2.05, 4.69) is 15.1 Å². The predicted octanol–water partition coefficient (Wildman–Crippen LogP) is 0.579. The fraction of sp³-hybridized carbons (Fsp3) is 0.100. The minimum Gasteiger partial charge on any atom is -0.466 e. The number of nitrogens with zero attached hydrogens (tertiary/aromatic N) is 3. The van der Waals surface area contributed by atoms with Crippen LogP contribution in [0.1, 0.15) is 0 Å². The molecule has 1 N–H and O–H groups in total. The second kappa shape index (κ2) is 3.06. The number of aromatic amines is 1. The van der Waals surface area contributed by atoms with Crippen molar-refractivity contribution in [2.24, 2.45) is 0 Å². The van der Waals surface area contributed by atoms with Crippen molar-refractivity contribution in [3.8, 4) is 6.01 Å². The van der Waals surface area contributed by atoms with Crippen LogP contribution in [0.15, 0.2) is 29.1 Å². The van der Waals surface area contributed by atoms with Crippen molar-refractivity contribution >= 4 is 16.7 Å². The molecule has 0 bridgehead atoms. The van der Waals surface area contributed by atoms with Crippen LogP contribution in [0.2, 0.25) is 0 Å². The van der Waals surface area contributed by atoms with Crippen LogP contribution in [0.4, 0.5) is 0 Å². The van der Waals surface area contributed by atoms with Gasteiger partial charge in [0, 0.05) is 0 Å². The van der Waals surface area contributed by atoms with Crippen LogP contribution in [0, 0.1) is 0 Å². The summed E-state index contributed by atoms with van der Waals surface area (Å²) in [5.74, 6) is 0.376. The topological polar surface area (TPSA) is 72.3 Å². The van der Waals surface area contributed by atoms with Gasteiger partial charge in [-0.1, -0.05) is 12.1 Å². The van der Waals surface area contributed by atoms with E-state index in [0.29, 0.717) is 16.7 Å². The number of H-pyrrole nitrogens is 1. The van der Waals surface area contributed by atoms with Crippen molar-refractivity contribution < 1.29 is 4.74 Å². The Balaban J connectivity index is 2.57. The van der Waals surface area contributed by atoms with E-state index >= 15 is 0 Å². The first kappa shape index (κ1) is 8.90. The van der Waals surface area contributed by atoms with E-state index < -0.39 is 0 Å². The van der Waals surface area contributed by atoms with Crippen molar-refractivity contribution in [3.05, 3.63) is 34.6 Å². The quantitative estimate of drug-likeness (QED) is 0.645. The molecule has 0 saturated heterocycles. The average molecular weight is 216 g/mol. The number of benzene rings is 1. The molecule has 80 valence electrons. The molecule has 2 heterocycles. The van der Waals surface area contributed by atoms with Gasteiger partial charge < -0.3 is 4.74 Å². The molecule has 0 spiro atoms. The molecule has 2 aromatic heterocycles. The Morgan fingerprint density at radius 3 is 3.00 bits per heavy atom. The molecule has 0 aliphatic heterocycles. The first-order valence-corrected chi connectivity index (χ1v) is 4.71. The molecule has 0 radical (unpaired) electrons. The first-order valence-electron chi connectivity index (χ1n) is 4.71. The summed E-state index contributed by atoms with van der Waals surface area (Å²) in [5.41, 5.74) is 0.523. The zero-order chi connectivity index (χ0) is 11.1. The summed E-state index contributed by atoms with van der Waals surface area (Å²) in [6.07, 6.45) is 0. The molecule has 3 aromatic rings. The number of aromatic nitrogens is 4. The van der Waals surface area contributed by atoms with E-state index in [1.54, 1.807) is 16.6 Å². The summed E-state index contributed by atoms with van der Waals surface area (Å²) >= 11 is 0. The monoisotopic (exact) mass is 216 g/mol. The first-order chi connectivity index (χ1) is 7.79. The highest BCUT2D eigenvalue weighted by molar-refractivity contribution is 5.79. The Hall–Kier alpha value is -2.37. The Labute approximate surface area is 89.5 Å². The largest absolute Gasteiger partial charge is 0.466 e. The van der Waals surface area contributed by atoms with Crippen LogP contribution in [0.5, 0.6) is 6.01 Å². The zero-order valence-electron chi connectivity index (χ0n) is 8.47. The maximum atomic E-state index is 11.7. The highest BCUT2D eigenvalue weighted by atomic mass is 16.5. The fourth-order valence-electron chi connectivity index (χ4n) is 1.65. The van der Waals surface area contributed by atoms with E-state index in [4.69, 9.17) is 4.74 Å². The molecule has 1 aromatic carbocycles. The number of hydrogen-bond donors (Lipinski definition) is 1. The van der Waals surface area contributed by atoms with Crippen molar-refractivity contribution in [1.82, 2.24) is 19.6 Å². The van der Waals surface area contributed by atoms with Gasteiger partial charge in [-0.3, -0.25) is 9.78 Å². The number of ether oxygens (including phenoxy) is 1. The van der Waals surface area contributed by atoms with Crippen LogP contribution in [-0.4, -0.2) is 26.7 Å². The normalized spacial score (nSPS) is 11.1. The lowest BCUT2D eigenvalue weighted by Gasteiger charge is -1.97. The summed E-state index contributed by atoms with van der Waals surface area (Å²) in [6.45, 7) is 0. The minimum atomic E-state index is -0.182. The predicted molar refractivity (Wildman–Crippen MR) is 57.7 cm³/mol. The van der Waals surface area contributed by atoms with Crippen molar-refractivity contribution in [2.45, 2.75) is 0 Å². The second-order valence-corrected chi connectivity index (χ2v) is 3.31. The van der Waals surface area contributed by atoms with Gasteiger partial charge in [-0.2, -0.15) is 9.50 Å². The number of methoxy groups -OCH3 is 1. The molecule has 0 atom stereocenters. The third-order valence-electron chi connectivity index (χ3n) is 2.37. The molecule has 0 saturated carbocycles. The molecule has 0 amide bonds. The summed E-state index contributed by atoms with van der Waals surface area (Å²) in [4.78, 5) is 18.4. The number of rotatable bonds is 1. The molecule has 6 heteroatoms. The Morgan fingerprint density at radius 1 is 1.38 bits per heavy atom. The molecule has 6 nitrogen and oxygen atoms in total.